The molecule has 3 N–H and O–H groups in total. The molecule has 1 atom stereocenters. The Hall–Kier alpha value is -3.16. The van der Waals surface area contributed by atoms with Crippen LogP contribution in [0.3, 0.4) is 0 Å². The number of aromatic nitrogens is 2. The van der Waals surface area contributed by atoms with Crippen LogP contribution >= 0.6 is 11.6 Å². The van der Waals surface area contributed by atoms with E-state index in [0.717, 1.165) is 12.1 Å². The molecule has 202 valence electrons. The zero-order chi connectivity index (χ0) is 27.2. The Kier molecular flexibility index (Phi) is 6.86. The van der Waals surface area contributed by atoms with E-state index in [0.29, 0.717) is 10.6 Å². The topological polar surface area (TPSA) is 131 Å². The van der Waals surface area contributed by atoms with Gasteiger partial charge in [-0.2, -0.15) is 0 Å². The lowest BCUT2D eigenvalue weighted by Crippen LogP contribution is -2.45. The van der Waals surface area contributed by atoms with Crippen molar-refractivity contribution >= 4 is 39.0 Å². The Morgan fingerprint density at radius 2 is 1.84 bits per heavy atom. The Morgan fingerprint density at radius 3 is 2.53 bits per heavy atom. The number of fused-ring (bicyclic) bond motifs is 1. The van der Waals surface area contributed by atoms with Crippen LogP contribution in [0.5, 0.6) is 0 Å². The van der Waals surface area contributed by atoms with E-state index in [1.54, 1.807) is 24.3 Å². The van der Waals surface area contributed by atoms with Gasteiger partial charge in [-0.3, -0.25) is 4.79 Å². The molecule has 1 fully saturated rings. The van der Waals surface area contributed by atoms with E-state index < -0.39 is 44.2 Å². The molecule has 1 aromatic heterocycles. The lowest BCUT2D eigenvalue weighted by atomic mass is 9.92. The van der Waals surface area contributed by atoms with E-state index in [2.05, 4.69) is 15.5 Å². The van der Waals surface area contributed by atoms with Gasteiger partial charge in [0.05, 0.1) is 34.5 Å². The summed E-state index contributed by atoms with van der Waals surface area (Å²) in [5.41, 5.74) is 6.23. The first-order chi connectivity index (χ1) is 17.9. The second-order valence-corrected chi connectivity index (χ2v) is 11.9. The van der Waals surface area contributed by atoms with Gasteiger partial charge in [-0.1, -0.05) is 28.8 Å². The first-order valence-electron chi connectivity index (χ1n) is 11.8. The van der Waals surface area contributed by atoms with Gasteiger partial charge in [0.2, 0.25) is 11.8 Å². The quantitative estimate of drug-likeness (QED) is 0.468. The molecule has 1 amide bonds. The van der Waals surface area contributed by atoms with Crippen molar-refractivity contribution in [3.05, 3.63) is 52.8 Å². The fourth-order valence-corrected chi connectivity index (χ4v) is 6.26. The highest BCUT2D eigenvalue weighted by Crippen LogP contribution is 2.38. The maximum Gasteiger partial charge on any atom is 0.315 e. The summed E-state index contributed by atoms with van der Waals surface area (Å²) in [6, 6.07) is 6.76. The van der Waals surface area contributed by atoms with E-state index in [4.69, 9.17) is 21.8 Å². The van der Waals surface area contributed by atoms with Gasteiger partial charge >= 0.3 is 6.01 Å². The van der Waals surface area contributed by atoms with Crippen molar-refractivity contribution in [3.8, 4) is 11.5 Å². The summed E-state index contributed by atoms with van der Waals surface area (Å²) in [5, 5.41) is 11.0. The molecule has 0 spiro atoms. The molecule has 5 rings (SSSR count). The number of anilines is 2. The fourth-order valence-electron chi connectivity index (χ4n) is 4.57. The molecule has 1 aliphatic carbocycles. The largest absolute Gasteiger partial charge is 0.403 e. The first kappa shape index (κ1) is 26.4. The highest BCUT2D eigenvalue weighted by molar-refractivity contribution is 7.91. The highest BCUT2D eigenvalue weighted by Gasteiger charge is 2.38. The number of carbonyl (C=O) groups is 1. The summed E-state index contributed by atoms with van der Waals surface area (Å²) < 4.78 is 73.7. The van der Waals surface area contributed by atoms with Crippen LogP contribution in [0.1, 0.15) is 31.2 Å². The second-order valence-electron chi connectivity index (χ2n) is 9.43. The van der Waals surface area contributed by atoms with E-state index >= 15 is 4.39 Å². The fraction of sp³-hybridized carbons (Fsp3) is 0.375. The summed E-state index contributed by atoms with van der Waals surface area (Å²) >= 11 is 5.95. The summed E-state index contributed by atoms with van der Waals surface area (Å²) in [7, 11) is -4.13. The third kappa shape index (κ3) is 5.36. The molecular weight excluding hydrogens is 547 g/mol. The lowest BCUT2D eigenvalue weighted by molar-refractivity contribution is -0.119. The standard InChI is InChI=1S/C24H23ClF3N5O4S/c25-14-3-1-13(2-4-14)11-33-19-9-16(17(26)10-20(19)38(35,36)12-18(29)22(33)34)21-31-32-23(37-21)30-15-5-7-24(27,28)8-6-15/h1-4,9-10,15,18H,5-8,11-12,29H2,(H,30,32)/t18-/m0/s1. The van der Waals surface area contributed by atoms with E-state index in [1.165, 1.54) is 4.90 Å². The van der Waals surface area contributed by atoms with Gasteiger partial charge in [0.1, 0.15) is 5.82 Å². The third-order valence-electron chi connectivity index (χ3n) is 6.61. The molecule has 1 aliphatic heterocycles. The summed E-state index contributed by atoms with van der Waals surface area (Å²) in [6.45, 7) is -0.0553. The Morgan fingerprint density at radius 1 is 1.16 bits per heavy atom. The van der Waals surface area contributed by atoms with Gasteiger partial charge in [-0.15, -0.1) is 5.10 Å². The second kappa shape index (κ2) is 9.86. The number of hydrogen-bond donors (Lipinski definition) is 2. The van der Waals surface area contributed by atoms with E-state index in [1.807, 2.05) is 0 Å². The molecule has 2 heterocycles. The summed E-state index contributed by atoms with van der Waals surface area (Å²) in [4.78, 5) is 14.0. The highest BCUT2D eigenvalue weighted by atomic mass is 35.5. The zero-order valence-corrected chi connectivity index (χ0v) is 21.4. The Bertz CT molecular complexity index is 1470. The number of amides is 1. The predicted molar refractivity (Wildman–Crippen MR) is 133 cm³/mol. The molecule has 0 bridgehead atoms. The van der Waals surface area contributed by atoms with E-state index in [9.17, 15) is 22.0 Å². The minimum atomic E-state index is -4.13. The number of carbonyl (C=O) groups excluding carboxylic acids is 1. The predicted octanol–water partition coefficient (Wildman–Crippen LogP) is 4.17. The van der Waals surface area contributed by atoms with Crippen LogP contribution < -0.4 is 16.0 Å². The zero-order valence-electron chi connectivity index (χ0n) is 19.8. The molecule has 0 unspecified atom stereocenters. The van der Waals surface area contributed by atoms with Crippen LogP contribution in [0, 0.1) is 5.82 Å². The van der Waals surface area contributed by atoms with Gasteiger partial charge in [-0.05, 0) is 42.7 Å². The van der Waals surface area contributed by atoms with Gasteiger partial charge < -0.3 is 20.4 Å². The average molecular weight is 570 g/mol. The molecule has 9 nitrogen and oxygen atoms in total. The van der Waals surface area contributed by atoms with Crippen LogP contribution in [-0.2, 0) is 21.2 Å². The number of benzene rings is 2. The van der Waals surface area contributed by atoms with Crippen molar-refractivity contribution in [1.82, 2.24) is 10.2 Å². The van der Waals surface area contributed by atoms with Gasteiger partial charge in [0.25, 0.3) is 5.89 Å². The van der Waals surface area contributed by atoms with Crippen molar-refractivity contribution < 1.29 is 30.8 Å². The number of halogens is 4. The molecule has 2 aromatic carbocycles. The SMILES string of the molecule is N[C@H]1CS(=O)(=O)c2cc(F)c(-c3nnc(NC4CCC(F)(F)CC4)o3)cc2N(Cc2ccc(Cl)cc2)C1=O. The molecular formula is C24H23ClF3N5O4S. The maximum absolute atomic E-state index is 15.2. The Labute approximate surface area is 221 Å². The van der Waals surface area contributed by atoms with Crippen LogP contribution in [0.2, 0.25) is 5.02 Å². The number of nitrogens with zero attached hydrogens (tertiary/aromatic N) is 3. The van der Waals surface area contributed by atoms with Crippen molar-refractivity contribution in [2.24, 2.45) is 5.73 Å². The number of nitrogens with one attached hydrogen (secondary N) is 1. The van der Waals surface area contributed by atoms with Crippen molar-refractivity contribution in [3.63, 3.8) is 0 Å². The smallest absolute Gasteiger partial charge is 0.315 e. The van der Waals surface area contributed by atoms with Crippen molar-refractivity contribution in [1.29, 1.82) is 0 Å². The molecule has 2 aliphatic rings. The summed E-state index contributed by atoms with van der Waals surface area (Å²) in [6.07, 6.45) is -0.173. The molecule has 0 saturated heterocycles. The van der Waals surface area contributed by atoms with Crippen LogP contribution in [0.15, 0.2) is 45.7 Å². The average Bonchev–Trinajstić information content (AvgIpc) is 3.30. The number of rotatable bonds is 5. The van der Waals surface area contributed by atoms with Gasteiger partial charge in [0.15, 0.2) is 9.84 Å². The maximum atomic E-state index is 15.2. The molecule has 3 aromatic rings. The molecule has 0 radical (unpaired) electrons. The van der Waals surface area contributed by atoms with E-state index in [-0.39, 0.29) is 61.4 Å². The summed E-state index contributed by atoms with van der Waals surface area (Å²) in [5.74, 6) is -5.31. The number of hydrogen-bond acceptors (Lipinski definition) is 8. The lowest BCUT2D eigenvalue weighted by Gasteiger charge is -2.28. The van der Waals surface area contributed by atoms with Gasteiger partial charge in [-0.25, -0.2) is 21.6 Å². The number of nitrogens with two attached hydrogens (primary N) is 1. The minimum Gasteiger partial charge on any atom is -0.403 e. The Balaban J connectivity index is 1.50. The molecule has 38 heavy (non-hydrogen) atoms. The van der Waals surface area contributed by atoms with Crippen molar-refractivity contribution in [2.75, 3.05) is 16.0 Å². The van der Waals surface area contributed by atoms with Crippen molar-refractivity contribution in [2.45, 2.75) is 55.1 Å². The molecule has 1 saturated carbocycles. The molecule has 14 heteroatoms. The third-order valence-corrected chi connectivity index (χ3v) is 8.66. The van der Waals surface area contributed by atoms with Crippen LogP contribution in [0.25, 0.3) is 11.5 Å². The monoisotopic (exact) mass is 569 g/mol. The normalized spacial score (nSPS) is 21.1. The van der Waals surface area contributed by atoms with Crippen LogP contribution in [-0.4, -0.2) is 48.3 Å². The first-order valence-corrected chi connectivity index (χ1v) is 13.8. The van der Waals surface area contributed by atoms with Gasteiger partial charge in [0, 0.05) is 23.9 Å². The number of sulfone groups is 1. The number of alkyl halides is 2. The van der Waals surface area contributed by atoms with Crippen LogP contribution in [0.4, 0.5) is 24.9 Å². The minimum absolute atomic E-state index is 0.0553.